The number of nitrogens with zero attached hydrogens (tertiary/aromatic N) is 1. The van der Waals surface area contributed by atoms with Crippen LogP contribution in [-0.2, 0) is 18.9 Å². The van der Waals surface area contributed by atoms with Gasteiger partial charge in [-0.05, 0) is 12.2 Å². The molecule has 0 aliphatic rings. The molecule has 0 unspecified atom stereocenters. The lowest BCUT2D eigenvalue weighted by atomic mass is 10.6. The Morgan fingerprint density at radius 3 is 1.69 bits per heavy atom. The molecule has 0 aromatic heterocycles. The minimum Gasteiger partial charge on any atom is -0.355 e. The molecule has 0 heterocycles. The summed E-state index contributed by atoms with van der Waals surface area (Å²) in [5, 5.41) is 2.22. The maximum Gasteiger partial charge on any atom is 0.177 e. The van der Waals surface area contributed by atoms with Gasteiger partial charge in [-0.2, -0.15) is 0 Å². The summed E-state index contributed by atoms with van der Waals surface area (Å²) in [6.07, 6.45) is -0.527. The molecule has 0 saturated heterocycles. The van der Waals surface area contributed by atoms with E-state index in [0.717, 1.165) is 0 Å². The molecular formula is C9H20N2O4S. The largest absolute Gasteiger partial charge is 0.355 e. The van der Waals surface area contributed by atoms with Crippen molar-refractivity contribution < 1.29 is 18.9 Å². The fraction of sp³-hybridized carbons (Fsp3) is 0.889. The van der Waals surface area contributed by atoms with Crippen LogP contribution in [0.3, 0.4) is 0 Å². The summed E-state index contributed by atoms with van der Waals surface area (Å²) < 4.78 is 19.0. The number of hydrogen-bond donors (Lipinski definition) is 1. The fourth-order valence-corrected chi connectivity index (χ4v) is 0.720. The van der Waals surface area contributed by atoms with E-state index in [1.807, 2.05) is 0 Å². The van der Waals surface area contributed by atoms with Gasteiger partial charge in [0.05, 0.1) is 5.16 Å². The van der Waals surface area contributed by atoms with Crippen LogP contribution >= 0.6 is 12.2 Å². The predicted molar refractivity (Wildman–Crippen MR) is 64.6 cm³/mol. The molecule has 0 aliphatic heterocycles. The van der Waals surface area contributed by atoms with Crippen molar-refractivity contribution in [1.29, 1.82) is 0 Å². The molecule has 16 heavy (non-hydrogen) atoms. The van der Waals surface area contributed by atoms with E-state index >= 15 is 0 Å². The van der Waals surface area contributed by atoms with Gasteiger partial charge < -0.3 is 24.7 Å². The Balaban J connectivity index is 0. The van der Waals surface area contributed by atoms with Crippen LogP contribution in [0.25, 0.3) is 0 Å². The molecule has 0 fully saturated rings. The first-order chi connectivity index (χ1) is 7.69. The van der Waals surface area contributed by atoms with E-state index < -0.39 is 0 Å². The van der Waals surface area contributed by atoms with Crippen LogP contribution in [0.1, 0.15) is 0 Å². The standard InChI is InChI=1S/C5H9NO2S.C4H11NO2/c1-7-5(8-2)3-6-4-9;1-6-4(3-5)7-2/h5H,3H2,1-2H3;4H,3,5H2,1-2H3. The average molecular weight is 252 g/mol. The SMILES string of the molecule is COC(CN)OC.COC(CN=C=S)OC. The van der Waals surface area contributed by atoms with E-state index in [2.05, 4.69) is 22.4 Å². The Morgan fingerprint density at radius 1 is 1.06 bits per heavy atom. The van der Waals surface area contributed by atoms with Crippen molar-refractivity contribution in [3.63, 3.8) is 0 Å². The van der Waals surface area contributed by atoms with Crippen LogP contribution in [-0.4, -0.2) is 59.3 Å². The topological polar surface area (TPSA) is 75.3 Å². The lowest BCUT2D eigenvalue weighted by Crippen LogP contribution is -2.23. The molecule has 0 bridgehead atoms. The number of rotatable bonds is 7. The molecule has 0 aromatic rings. The molecular weight excluding hydrogens is 232 g/mol. The van der Waals surface area contributed by atoms with Gasteiger partial charge >= 0.3 is 0 Å². The summed E-state index contributed by atoms with van der Waals surface area (Å²) in [5.74, 6) is 0. The first kappa shape index (κ1) is 18.0. The van der Waals surface area contributed by atoms with Gasteiger partial charge in [-0.25, -0.2) is 4.99 Å². The first-order valence-electron chi connectivity index (χ1n) is 4.54. The molecule has 0 aliphatic carbocycles. The second-order valence-electron chi connectivity index (χ2n) is 2.47. The van der Waals surface area contributed by atoms with Crippen molar-refractivity contribution in [1.82, 2.24) is 0 Å². The number of hydrogen-bond acceptors (Lipinski definition) is 7. The fourth-order valence-electron chi connectivity index (χ4n) is 0.646. The Hall–Kier alpha value is -0.400. The molecule has 0 rings (SSSR count). The molecule has 0 amide bonds. The molecule has 0 radical (unpaired) electrons. The third-order valence-corrected chi connectivity index (χ3v) is 1.68. The molecule has 6 nitrogen and oxygen atoms in total. The molecule has 7 heteroatoms. The van der Waals surface area contributed by atoms with E-state index in [4.69, 9.17) is 24.7 Å². The number of isothiocyanates is 1. The Labute approximate surface area is 102 Å². The van der Waals surface area contributed by atoms with Gasteiger partial charge in [0, 0.05) is 35.0 Å². The van der Waals surface area contributed by atoms with Crippen LogP contribution in [0.15, 0.2) is 4.99 Å². The lowest BCUT2D eigenvalue weighted by molar-refractivity contribution is -0.0940. The molecule has 0 aromatic carbocycles. The van der Waals surface area contributed by atoms with Gasteiger partial charge in [-0.3, -0.25) is 0 Å². The summed E-state index contributed by atoms with van der Waals surface area (Å²) >= 11 is 4.34. The second-order valence-corrected chi connectivity index (χ2v) is 2.65. The molecule has 96 valence electrons. The van der Waals surface area contributed by atoms with E-state index in [1.54, 1.807) is 28.4 Å². The van der Waals surface area contributed by atoms with Crippen molar-refractivity contribution in [2.75, 3.05) is 41.5 Å². The number of thiocarbonyl (C=S) groups is 1. The number of aliphatic imine (C=N–C) groups is 1. The van der Waals surface area contributed by atoms with Gasteiger partial charge in [0.25, 0.3) is 0 Å². The molecule has 2 N–H and O–H groups in total. The van der Waals surface area contributed by atoms with Crippen molar-refractivity contribution in [3.8, 4) is 0 Å². The third kappa shape index (κ3) is 11.7. The van der Waals surface area contributed by atoms with Crippen LogP contribution in [0.5, 0.6) is 0 Å². The highest BCUT2D eigenvalue weighted by Gasteiger charge is 2.00. The summed E-state index contributed by atoms with van der Waals surface area (Å²) in [6.45, 7) is 0.823. The zero-order valence-electron chi connectivity index (χ0n) is 10.1. The van der Waals surface area contributed by atoms with Crippen LogP contribution in [0.2, 0.25) is 0 Å². The van der Waals surface area contributed by atoms with E-state index in [1.165, 1.54) is 0 Å². The van der Waals surface area contributed by atoms with Crippen LogP contribution in [0.4, 0.5) is 0 Å². The zero-order valence-corrected chi connectivity index (χ0v) is 11.0. The Morgan fingerprint density at radius 2 is 1.50 bits per heavy atom. The Kier molecular flexibility index (Phi) is 16.4. The highest BCUT2D eigenvalue weighted by atomic mass is 32.1. The van der Waals surface area contributed by atoms with Crippen molar-refractivity contribution in [2.45, 2.75) is 12.6 Å². The predicted octanol–water partition coefficient (Wildman–Crippen LogP) is 0.272. The molecule has 0 saturated carbocycles. The quantitative estimate of drug-likeness (QED) is 0.398. The van der Waals surface area contributed by atoms with Gasteiger partial charge in [-0.1, -0.05) is 0 Å². The smallest absolute Gasteiger partial charge is 0.177 e. The van der Waals surface area contributed by atoms with E-state index in [9.17, 15) is 0 Å². The zero-order chi connectivity index (χ0) is 12.8. The molecule has 0 spiro atoms. The van der Waals surface area contributed by atoms with Crippen LogP contribution < -0.4 is 5.73 Å². The summed E-state index contributed by atoms with van der Waals surface area (Å²) in [4.78, 5) is 3.63. The summed E-state index contributed by atoms with van der Waals surface area (Å²) in [7, 11) is 6.21. The second kappa shape index (κ2) is 14.6. The average Bonchev–Trinajstić information content (AvgIpc) is 2.34. The van der Waals surface area contributed by atoms with Crippen molar-refractivity contribution in [2.24, 2.45) is 10.7 Å². The maximum atomic E-state index is 5.14. The lowest BCUT2D eigenvalue weighted by Gasteiger charge is -2.08. The number of ether oxygens (including phenoxy) is 4. The number of methoxy groups -OCH3 is 4. The minimum absolute atomic E-state index is 0.236. The van der Waals surface area contributed by atoms with Crippen LogP contribution in [0, 0.1) is 0 Å². The summed E-state index contributed by atoms with van der Waals surface area (Å²) in [6, 6.07) is 0. The minimum atomic E-state index is -0.291. The van der Waals surface area contributed by atoms with E-state index in [-0.39, 0.29) is 12.6 Å². The monoisotopic (exact) mass is 252 g/mol. The highest BCUT2D eigenvalue weighted by Crippen LogP contribution is 1.89. The van der Waals surface area contributed by atoms with Gasteiger partial charge in [-0.15, -0.1) is 0 Å². The maximum absolute atomic E-state index is 5.14. The molecule has 0 atom stereocenters. The normalized spacial score (nSPS) is 9.69. The van der Waals surface area contributed by atoms with E-state index in [0.29, 0.717) is 13.1 Å². The summed E-state index contributed by atoms with van der Waals surface area (Å²) in [5.41, 5.74) is 5.14. The number of nitrogens with two attached hydrogens (primary N) is 1. The van der Waals surface area contributed by atoms with Crippen molar-refractivity contribution in [3.05, 3.63) is 0 Å². The third-order valence-electron chi connectivity index (χ3n) is 1.55. The van der Waals surface area contributed by atoms with Gasteiger partial charge in [0.15, 0.2) is 12.6 Å². The van der Waals surface area contributed by atoms with Crippen molar-refractivity contribution >= 4 is 17.4 Å². The van der Waals surface area contributed by atoms with Gasteiger partial charge in [0.1, 0.15) is 6.54 Å². The highest BCUT2D eigenvalue weighted by molar-refractivity contribution is 7.78. The Bertz CT molecular complexity index is 175. The first-order valence-corrected chi connectivity index (χ1v) is 4.95. The van der Waals surface area contributed by atoms with Gasteiger partial charge in [0.2, 0.25) is 0 Å².